The first kappa shape index (κ1) is 38.6. The molecule has 0 spiro atoms. The summed E-state index contributed by atoms with van der Waals surface area (Å²) in [5, 5.41) is 0. The molecule has 0 radical (unpaired) electrons. The molecule has 2 aliphatic heterocycles. The number of pyridine rings is 1. The summed E-state index contributed by atoms with van der Waals surface area (Å²) in [4.78, 5) is 17.6. The standard InChI is InChI=1S/C33H40FNO5.C4H8.C2H6/c1-8-22-19-37-16-15-28-30(23-9-11-24(34)12-10-23)27(31(20(2)3)35-32(22)28)14-13-25-17-26(39-21(4)38-25)18-29(36)40-33(5,6)7;1-3-4-2;1-2/h8-14,19-21,25-26H,1,15-18H2,2-7H3;3-4H,1-2H3;1-2H3/b14-13+;4-3-;/t21?,25-,26-;;/m1../s1. The third-order valence-electron chi connectivity index (χ3n) is 7.09. The summed E-state index contributed by atoms with van der Waals surface area (Å²) in [6.45, 7) is 24.1. The second-order valence-electron chi connectivity index (χ2n) is 12.2. The molecule has 0 saturated carbocycles. The monoisotopic (exact) mass is 635 g/mol. The molecule has 1 fully saturated rings. The zero-order chi connectivity index (χ0) is 34.4. The van der Waals surface area contributed by atoms with Gasteiger partial charge in [0.1, 0.15) is 11.4 Å². The van der Waals surface area contributed by atoms with E-state index >= 15 is 0 Å². The van der Waals surface area contributed by atoms with Crippen molar-refractivity contribution in [2.75, 3.05) is 6.61 Å². The highest BCUT2D eigenvalue weighted by Crippen LogP contribution is 2.39. The lowest BCUT2D eigenvalue weighted by Crippen LogP contribution is -2.38. The van der Waals surface area contributed by atoms with Crippen molar-refractivity contribution in [1.29, 1.82) is 0 Å². The molecule has 1 saturated heterocycles. The average molecular weight is 636 g/mol. The number of carbonyl (C=O) groups is 1. The number of esters is 1. The van der Waals surface area contributed by atoms with Crippen LogP contribution in [0.2, 0.25) is 0 Å². The van der Waals surface area contributed by atoms with Gasteiger partial charge in [-0.3, -0.25) is 9.78 Å². The van der Waals surface area contributed by atoms with Crippen LogP contribution in [-0.2, 0) is 30.2 Å². The molecule has 2 aliphatic rings. The fourth-order valence-corrected chi connectivity index (χ4v) is 5.15. The lowest BCUT2D eigenvalue weighted by Gasteiger charge is -2.33. The maximum Gasteiger partial charge on any atom is 0.308 e. The zero-order valence-corrected chi connectivity index (χ0v) is 29.5. The smallest absolute Gasteiger partial charge is 0.308 e. The molecule has 6 nitrogen and oxygen atoms in total. The van der Waals surface area contributed by atoms with Crippen molar-refractivity contribution in [3.63, 3.8) is 0 Å². The first-order valence-electron chi connectivity index (χ1n) is 16.4. The Hall–Kier alpha value is -3.55. The van der Waals surface area contributed by atoms with E-state index < -0.39 is 11.9 Å². The summed E-state index contributed by atoms with van der Waals surface area (Å²) in [5.74, 6) is -0.479. The van der Waals surface area contributed by atoms with Crippen LogP contribution in [0.15, 0.2) is 61.4 Å². The summed E-state index contributed by atoms with van der Waals surface area (Å²) in [6.07, 6.45) is 11.8. The molecular weight excluding hydrogens is 581 g/mol. The van der Waals surface area contributed by atoms with Crippen molar-refractivity contribution in [3.05, 3.63) is 89.7 Å². The van der Waals surface area contributed by atoms with Crippen LogP contribution in [0.1, 0.15) is 111 Å². The van der Waals surface area contributed by atoms with Crippen molar-refractivity contribution in [2.24, 2.45) is 0 Å². The number of rotatable bonds is 7. The van der Waals surface area contributed by atoms with Crippen LogP contribution < -0.4 is 0 Å². The van der Waals surface area contributed by atoms with Gasteiger partial charge in [0.2, 0.25) is 0 Å². The number of hydrogen-bond acceptors (Lipinski definition) is 6. The molecule has 0 N–H and O–H groups in total. The van der Waals surface area contributed by atoms with Crippen molar-refractivity contribution >= 4 is 17.6 Å². The molecule has 0 aliphatic carbocycles. The van der Waals surface area contributed by atoms with Gasteiger partial charge in [-0.15, -0.1) is 0 Å². The van der Waals surface area contributed by atoms with Crippen LogP contribution in [0, 0.1) is 5.82 Å². The Kier molecular flexibility index (Phi) is 15.6. The van der Waals surface area contributed by atoms with E-state index in [-0.39, 0.29) is 36.3 Å². The topological polar surface area (TPSA) is 66.9 Å². The molecule has 4 rings (SSSR count). The minimum absolute atomic E-state index is 0.105. The van der Waals surface area contributed by atoms with Gasteiger partial charge in [-0.1, -0.05) is 76.8 Å². The highest BCUT2D eigenvalue weighted by Gasteiger charge is 2.30. The Morgan fingerprint density at radius 3 is 2.35 bits per heavy atom. The van der Waals surface area contributed by atoms with Crippen molar-refractivity contribution in [3.8, 4) is 11.1 Å². The highest BCUT2D eigenvalue weighted by atomic mass is 19.1. The normalized spacial score (nSPS) is 19.6. The van der Waals surface area contributed by atoms with Crippen LogP contribution in [0.3, 0.4) is 0 Å². The van der Waals surface area contributed by atoms with Gasteiger partial charge in [0.05, 0.1) is 42.9 Å². The third-order valence-corrected chi connectivity index (χ3v) is 7.09. The maximum atomic E-state index is 13.9. The predicted molar refractivity (Wildman–Crippen MR) is 187 cm³/mol. The lowest BCUT2D eigenvalue weighted by molar-refractivity contribution is -0.225. The molecule has 252 valence electrons. The van der Waals surface area contributed by atoms with Gasteiger partial charge in [0, 0.05) is 24.0 Å². The quantitative estimate of drug-likeness (QED) is 0.223. The number of aromatic nitrogens is 1. The molecule has 3 atom stereocenters. The molecule has 7 heteroatoms. The molecule has 0 amide bonds. The fraction of sp³-hybridized carbons (Fsp3) is 0.487. The van der Waals surface area contributed by atoms with E-state index in [0.29, 0.717) is 19.4 Å². The third kappa shape index (κ3) is 11.4. The number of hydrogen-bond donors (Lipinski definition) is 0. The second kappa shape index (κ2) is 18.6. The van der Waals surface area contributed by atoms with Gasteiger partial charge >= 0.3 is 5.97 Å². The van der Waals surface area contributed by atoms with Gasteiger partial charge in [-0.2, -0.15) is 0 Å². The molecule has 46 heavy (non-hydrogen) atoms. The first-order chi connectivity index (χ1) is 21.9. The van der Waals surface area contributed by atoms with Crippen LogP contribution in [0.5, 0.6) is 0 Å². The van der Waals surface area contributed by atoms with E-state index in [2.05, 4.69) is 26.5 Å². The van der Waals surface area contributed by atoms with Gasteiger partial charge in [0.15, 0.2) is 6.29 Å². The molecule has 3 heterocycles. The summed E-state index contributed by atoms with van der Waals surface area (Å²) in [7, 11) is 0. The lowest BCUT2D eigenvalue weighted by atomic mass is 9.86. The van der Waals surface area contributed by atoms with Crippen LogP contribution in [0.25, 0.3) is 22.8 Å². The SMILES string of the molecule is C/C=C\C.C=CC1=COCCc2c1nc(C(C)C)c(/C=C/[C@@H]1C[C@H](CC(=O)OC(C)(C)C)OC(C)O1)c2-c1ccc(F)cc1.CC. The molecule has 1 aromatic heterocycles. The summed E-state index contributed by atoms with van der Waals surface area (Å²) in [6, 6.07) is 6.57. The Morgan fingerprint density at radius 2 is 1.78 bits per heavy atom. The van der Waals surface area contributed by atoms with Crippen molar-refractivity contribution in [2.45, 2.75) is 119 Å². The van der Waals surface area contributed by atoms with E-state index in [4.69, 9.17) is 23.9 Å². The Morgan fingerprint density at radius 1 is 1.13 bits per heavy atom. The maximum absolute atomic E-state index is 13.9. The number of nitrogens with zero attached hydrogens (tertiary/aromatic N) is 1. The van der Waals surface area contributed by atoms with Crippen molar-refractivity contribution in [1.82, 2.24) is 4.98 Å². The minimum Gasteiger partial charge on any atom is -0.500 e. The molecule has 0 bridgehead atoms. The number of ether oxygens (including phenoxy) is 4. The number of halogens is 1. The van der Waals surface area contributed by atoms with Crippen LogP contribution in [0.4, 0.5) is 4.39 Å². The molecule has 1 aromatic carbocycles. The Balaban J connectivity index is 0.00000114. The fourth-order valence-electron chi connectivity index (χ4n) is 5.15. The van der Waals surface area contributed by atoms with Gasteiger partial charge in [-0.05, 0) is 76.3 Å². The van der Waals surface area contributed by atoms with Gasteiger partial charge in [0.25, 0.3) is 0 Å². The van der Waals surface area contributed by atoms with E-state index in [1.54, 1.807) is 24.5 Å². The van der Waals surface area contributed by atoms with E-state index in [1.807, 2.05) is 73.6 Å². The Bertz CT molecular complexity index is 1360. The van der Waals surface area contributed by atoms with Gasteiger partial charge in [-0.25, -0.2) is 4.39 Å². The van der Waals surface area contributed by atoms with Gasteiger partial charge < -0.3 is 18.9 Å². The molecule has 1 unspecified atom stereocenters. The minimum atomic E-state index is -0.554. The molecular formula is C39H54FNO5. The van der Waals surface area contributed by atoms with Crippen molar-refractivity contribution < 1.29 is 28.1 Å². The number of carbonyl (C=O) groups excluding carboxylic acids is 1. The summed E-state index contributed by atoms with van der Waals surface area (Å²) < 4.78 is 37.2. The first-order valence-corrected chi connectivity index (χ1v) is 16.4. The Labute approximate surface area is 276 Å². The van der Waals surface area contributed by atoms with Crippen LogP contribution >= 0.6 is 0 Å². The number of allylic oxidation sites excluding steroid dienone is 4. The zero-order valence-electron chi connectivity index (χ0n) is 29.5. The van der Waals surface area contributed by atoms with E-state index in [0.717, 1.165) is 39.2 Å². The largest absolute Gasteiger partial charge is 0.500 e. The number of benzene rings is 1. The predicted octanol–water partition coefficient (Wildman–Crippen LogP) is 9.98. The van der Waals surface area contributed by atoms with E-state index in [1.165, 1.54) is 12.1 Å². The van der Waals surface area contributed by atoms with E-state index in [9.17, 15) is 9.18 Å². The van der Waals surface area contributed by atoms with Crippen LogP contribution in [-0.4, -0.2) is 41.7 Å². The average Bonchev–Trinajstić information content (AvgIpc) is 3.21. The molecule has 2 aromatic rings. The second-order valence-corrected chi connectivity index (χ2v) is 12.2. The summed E-state index contributed by atoms with van der Waals surface area (Å²) >= 11 is 0. The number of fused-ring (bicyclic) bond motifs is 1. The highest BCUT2D eigenvalue weighted by molar-refractivity contribution is 5.85. The summed E-state index contributed by atoms with van der Waals surface area (Å²) in [5.41, 5.74) is 5.89.